The fraction of sp³-hybridized carbons (Fsp3) is 1.00. The van der Waals surface area contributed by atoms with Crippen LogP contribution in [0, 0.1) is 5.41 Å². The smallest absolute Gasteiger partial charge is 0.0269 e. The first-order valence-corrected chi connectivity index (χ1v) is 2.20. The first-order valence-electron chi connectivity index (χ1n) is 3.48. The van der Waals surface area contributed by atoms with Gasteiger partial charge in [-0.2, -0.15) is 0 Å². The Bertz CT molecular complexity index is 63.4. The van der Waals surface area contributed by atoms with Crippen molar-refractivity contribution in [3.8, 4) is 0 Å². The van der Waals surface area contributed by atoms with Gasteiger partial charge in [-0.05, 0) is 5.41 Å². The second-order valence-electron chi connectivity index (χ2n) is 2.57. The van der Waals surface area contributed by atoms with Gasteiger partial charge in [0.05, 0.1) is 0 Å². The molecule has 0 N–H and O–H groups in total. The Kier molecular flexibility index (Phi) is 0.833. The molecule has 0 nitrogen and oxygen atoms in total. The SMILES string of the molecule is [2H]CC([2H])C(C)(C)C. The number of hydrogen-bond acceptors (Lipinski definition) is 0. The molecule has 0 saturated heterocycles. The lowest BCUT2D eigenvalue weighted by Crippen LogP contribution is -2.00. The average Bonchev–Trinajstić information content (AvgIpc) is 1.62. The molecule has 0 heteroatoms. The van der Waals surface area contributed by atoms with Crippen molar-refractivity contribution in [2.24, 2.45) is 5.41 Å². The van der Waals surface area contributed by atoms with Crippen LogP contribution in [-0.4, -0.2) is 0 Å². The predicted octanol–water partition coefficient (Wildman–Crippen LogP) is 2.44. The first-order chi connectivity index (χ1) is 3.48. The fourth-order valence-corrected chi connectivity index (χ4v) is 0. The molecule has 1 unspecified atom stereocenters. The normalized spacial score (nSPS) is 21.8. The van der Waals surface area contributed by atoms with Gasteiger partial charge in [-0.25, -0.2) is 0 Å². The third kappa shape index (κ3) is 4.00. The van der Waals surface area contributed by atoms with Crippen LogP contribution in [0.15, 0.2) is 0 Å². The van der Waals surface area contributed by atoms with E-state index in [9.17, 15) is 0 Å². The minimum absolute atomic E-state index is 0.0122. The van der Waals surface area contributed by atoms with Gasteiger partial charge in [0.15, 0.2) is 0 Å². The third-order valence-electron chi connectivity index (χ3n) is 0.612. The number of hydrogen-bond donors (Lipinski definition) is 0. The summed E-state index contributed by atoms with van der Waals surface area (Å²) >= 11 is 0. The van der Waals surface area contributed by atoms with Crippen LogP contribution in [0.2, 0.25) is 0 Å². The molecule has 0 bridgehead atoms. The van der Waals surface area contributed by atoms with E-state index < -0.39 is 0 Å². The minimum atomic E-state index is -0.234. The maximum absolute atomic E-state index is 7.28. The van der Waals surface area contributed by atoms with Crippen LogP contribution in [-0.2, 0) is 0 Å². The summed E-state index contributed by atoms with van der Waals surface area (Å²) in [6, 6.07) is 0. The Morgan fingerprint density at radius 2 is 2.17 bits per heavy atom. The molecule has 0 aromatic heterocycles. The standard InChI is InChI=1S/C6H14/c1-5-6(2,3)4/h5H2,1-4H3/i1D,5D. The van der Waals surface area contributed by atoms with E-state index in [4.69, 9.17) is 2.74 Å². The van der Waals surface area contributed by atoms with E-state index in [-0.39, 0.29) is 18.7 Å². The van der Waals surface area contributed by atoms with Crippen molar-refractivity contribution in [2.75, 3.05) is 0 Å². The molecular weight excluding hydrogens is 72.1 g/mol. The molecule has 38 valence electrons. The molecule has 0 saturated carbocycles. The van der Waals surface area contributed by atoms with Crippen molar-refractivity contribution >= 4 is 0 Å². The van der Waals surface area contributed by atoms with E-state index in [0.29, 0.717) is 0 Å². The van der Waals surface area contributed by atoms with Gasteiger partial charge < -0.3 is 0 Å². The summed E-state index contributed by atoms with van der Waals surface area (Å²) in [6.07, 6.45) is -0.234. The highest BCUT2D eigenvalue weighted by atomic mass is 14.1. The molecular formula is C6H14. The lowest BCUT2D eigenvalue weighted by atomic mass is 9.94. The number of rotatable bonds is 0. The van der Waals surface area contributed by atoms with Crippen LogP contribution in [0.3, 0.4) is 0 Å². The Hall–Kier alpha value is 0. The van der Waals surface area contributed by atoms with E-state index in [1.807, 2.05) is 20.8 Å². The van der Waals surface area contributed by atoms with Crippen molar-refractivity contribution in [2.45, 2.75) is 34.1 Å². The topological polar surface area (TPSA) is 0 Å². The summed E-state index contributed by atoms with van der Waals surface area (Å²) in [5.41, 5.74) is -0.0122. The van der Waals surface area contributed by atoms with Gasteiger partial charge >= 0.3 is 0 Å². The summed E-state index contributed by atoms with van der Waals surface area (Å²) in [4.78, 5) is 0. The Labute approximate surface area is 43.4 Å². The van der Waals surface area contributed by atoms with E-state index in [1.54, 1.807) is 0 Å². The van der Waals surface area contributed by atoms with E-state index in [2.05, 4.69) is 0 Å². The van der Waals surface area contributed by atoms with Crippen LogP contribution in [0.25, 0.3) is 0 Å². The quantitative estimate of drug-likeness (QED) is 0.426. The third-order valence-corrected chi connectivity index (χ3v) is 0.612. The van der Waals surface area contributed by atoms with Crippen molar-refractivity contribution in [1.29, 1.82) is 0 Å². The van der Waals surface area contributed by atoms with Crippen LogP contribution in [0.5, 0.6) is 0 Å². The first kappa shape index (κ1) is 3.06. The summed E-state index contributed by atoms with van der Waals surface area (Å²) in [6.45, 7) is 6.17. The molecule has 6 heavy (non-hydrogen) atoms. The lowest BCUT2D eigenvalue weighted by Gasteiger charge is -2.12. The highest BCUT2D eigenvalue weighted by molar-refractivity contribution is 4.55. The average molecular weight is 88.2 g/mol. The van der Waals surface area contributed by atoms with Crippen molar-refractivity contribution in [3.63, 3.8) is 0 Å². The van der Waals surface area contributed by atoms with Crippen molar-refractivity contribution < 1.29 is 2.74 Å². The maximum atomic E-state index is 7.28. The van der Waals surface area contributed by atoms with Gasteiger partial charge in [-0.1, -0.05) is 34.1 Å². The molecule has 0 fully saturated rings. The van der Waals surface area contributed by atoms with Gasteiger partial charge in [0.25, 0.3) is 0 Å². The summed E-state index contributed by atoms with van der Waals surface area (Å²) in [5, 5.41) is 0. The fourth-order valence-electron chi connectivity index (χ4n) is 0. The zero-order valence-electron chi connectivity index (χ0n) is 6.78. The van der Waals surface area contributed by atoms with Gasteiger partial charge in [0.1, 0.15) is 0 Å². The predicted molar refractivity (Wildman–Crippen MR) is 29.7 cm³/mol. The van der Waals surface area contributed by atoms with Gasteiger partial charge in [0, 0.05) is 2.74 Å². The second kappa shape index (κ2) is 1.63. The summed E-state index contributed by atoms with van der Waals surface area (Å²) < 4.78 is 14.2. The van der Waals surface area contributed by atoms with E-state index >= 15 is 0 Å². The van der Waals surface area contributed by atoms with Crippen molar-refractivity contribution in [3.05, 3.63) is 0 Å². The maximum Gasteiger partial charge on any atom is 0.0269 e. The zero-order valence-corrected chi connectivity index (χ0v) is 4.78. The molecule has 0 aliphatic heterocycles. The summed E-state index contributed by atoms with van der Waals surface area (Å²) in [5.74, 6) is 0. The molecule has 0 spiro atoms. The van der Waals surface area contributed by atoms with Gasteiger partial charge in [-0.15, -0.1) is 0 Å². The van der Waals surface area contributed by atoms with Crippen LogP contribution in [0.4, 0.5) is 0 Å². The van der Waals surface area contributed by atoms with Crippen LogP contribution < -0.4 is 0 Å². The molecule has 0 aliphatic rings. The van der Waals surface area contributed by atoms with Gasteiger partial charge in [0.2, 0.25) is 0 Å². The highest BCUT2D eigenvalue weighted by Crippen LogP contribution is 2.16. The molecule has 0 amide bonds. The second-order valence-corrected chi connectivity index (χ2v) is 2.57. The molecule has 1 atom stereocenters. The Morgan fingerprint density at radius 3 is 2.17 bits per heavy atom. The molecule has 0 aromatic rings. The van der Waals surface area contributed by atoms with Gasteiger partial charge in [-0.3, -0.25) is 0 Å². The monoisotopic (exact) mass is 88.1 g/mol. The zero-order chi connectivity index (χ0) is 6.78. The Balaban J connectivity index is 3.62. The Morgan fingerprint density at radius 1 is 1.67 bits per heavy atom. The molecule has 0 radical (unpaired) electrons. The van der Waals surface area contributed by atoms with Crippen LogP contribution in [0.1, 0.15) is 36.8 Å². The van der Waals surface area contributed by atoms with Crippen LogP contribution >= 0.6 is 0 Å². The van der Waals surface area contributed by atoms with E-state index in [1.165, 1.54) is 0 Å². The highest BCUT2D eigenvalue weighted by Gasteiger charge is 2.03. The van der Waals surface area contributed by atoms with Crippen molar-refractivity contribution in [1.82, 2.24) is 0 Å². The lowest BCUT2D eigenvalue weighted by molar-refractivity contribution is 0.398. The largest absolute Gasteiger partial charge is 0.0649 e. The molecule has 0 heterocycles. The molecule has 0 rings (SSSR count). The molecule has 0 aromatic carbocycles. The summed E-state index contributed by atoms with van der Waals surface area (Å²) in [7, 11) is 0. The van der Waals surface area contributed by atoms with E-state index in [0.717, 1.165) is 0 Å². The minimum Gasteiger partial charge on any atom is -0.0649 e. The molecule has 0 aliphatic carbocycles.